The van der Waals surface area contributed by atoms with Crippen LogP contribution in [0.4, 0.5) is 0 Å². The summed E-state index contributed by atoms with van der Waals surface area (Å²) < 4.78 is 7.16. The molecule has 0 saturated carbocycles. The number of carbonyl (C=O) groups excluding carboxylic acids is 1. The minimum atomic E-state index is -0.159. The summed E-state index contributed by atoms with van der Waals surface area (Å²) in [5, 5.41) is 4.50. The zero-order valence-electron chi connectivity index (χ0n) is 9.41. The van der Waals surface area contributed by atoms with Gasteiger partial charge in [0.15, 0.2) is 6.29 Å². The summed E-state index contributed by atoms with van der Waals surface area (Å²) >= 11 is 0. The van der Waals surface area contributed by atoms with Crippen molar-refractivity contribution in [3.8, 4) is 0 Å². The topological polar surface area (TPSA) is 44.1 Å². The van der Waals surface area contributed by atoms with Gasteiger partial charge in [0.05, 0.1) is 24.4 Å². The molecular weight excluding hydrogens is 192 g/mol. The molecule has 0 unspecified atom stereocenters. The number of aromatic nitrogens is 2. The van der Waals surface area contributed by atoms with E-state index in [1.165, 1.54) is 0 Å². The Bertz CT molecular complexity index is 388. The van der Waals surface area contributed by atoms with Crippen LogP contribution in [0.15, 0.2) is 0 Å². The van der Waals surface area contributed by atoms with Gasteiger partial charge in [-0.3, -0.25) is 9.48 Å². The van der Waals surface area contributed by atoms with Crippen molar-refractivity contribution in [2.75, 3.05) is 6.61 Å². The maximum atomic E-state index is 11.1. The Morgan fingerprint density at radius 1 is 1.47 bits per heavy atom. The molecule has 0 amide bonds. The van der Waals surface area contributed by atoms with Gasteiger partial charge in [-0.2, -0.15) is 5.10 Å². The lowest BCUT2D eigenvalue weighted by Gasteiger charge is -2.20. The van der Waals surface area contributed by atoms with Crippen molar-refractivity contribution in [3.63, 3.8) is 0 Å². The normalized spacial score (nSPS) is 16.2. The average molecular weight is 208 g/mol. The van der Waals surface area contributed by atoms with E-state index in [-0.39, 0.29) is 5.54 Å². The summed E-state index contributed by atoms with van der Waals surface area (Å²) in [4.78, 5) is 11.1. The third kappa shape index (κ3) is 1.69. The zero-order chi connectivity index (χ0) is 11.1. The highest BCUT2D eigenvalue weighted by atomic mass is 16.5. The average Bonchev–Trinajstić information content (AvgIpc) is 2.55. The number of ether oxygens (including phenoxy) is 1. The largest absolute Gasteiger partial charge is 0.376 e. The van der Waals surface area contributed by atoms with Gasteiger partial charge < -0.3 is 4.74 Å². The molecule has 0 radical (unpaired) electrons. The molecule has 2 heterocycles. The van der Waals surface area contributed by atoms with E-state index in [0.717, 1.165) is 24.0 Å². The van der Waals surface area contributed by atoms with Gasteiger partial charge in [0.2, 0.25) is 0 Å². The molecule has 0 spiro atoms. The predicted octanol–water partition coefficient (Wildman–Crippen LogP) is 1.52. The molecule has 82 valence electrons. The van der Waals surface area contributed by atoms with Gasteiger partial charge in [0.25, 0.3) is 0 Å². The van der Waals surface area contributed by atoms with Crippen LogP contribution >= 0.6 is 0 Å². The number of carbonyl (C=O) groups is 1. The smallest absolute Gasteiger partial charge is 0.168 e. The quantitative estimate of drug-likeness (QED) is 0.657. The third-order valence-electron chi connectivity index (χ3n) is 2.58. The van der Waals surface area contributed by atoms with Crippen LogP contribution in [0, 0.1) is 0 Å². The van der Waals surface area contributed by atoms with E-state index < -0.39 is 0 Å². The molecule has 1 aliphatic rings. The van der Waals surface area contributed by atoms with Crippen molar-refractivity contribution >= 4 is 6.29 Å². The fourth-order valence-electron chi connectivity index (χ4n) is 1.84. The Balaban J connectivity index is 2.56. The minimum Gasteiger partial charge on any atom is -0.376 e. The first kappa shape index (κ1) is 10.4. The lowest BCUT2D eigenvalue weighted by molar-refractivity contribution is 0.105. The fourth-order valence-corrected chi connectivity index (χ4v) is 1.84. The first-order valence-corrected chi connectivity index (χ1v) is 5.18. The Labute approximate surface area is 89.2 Å². The van der Waals surface area contributed by atoms with Crippen molar-refractivity contribution in [1.29, 1.82) is 0 Å². The van der Waals surface area contributed by atoms with Gasteiger partial charge in [0, 0.05) is 12.0 Å². The van der Waals surface area contributed by atoms with E-state index in [0.29, 0.717) is 18.9 Å². The van der Waals surface area contributed by atoms with Crippen LogP contribution in [0.25, 0.3) is 0 Å². The number of hydrogen-bond acceptors (Lipinski definition) is 3. The van der Waals surface area contributed by atoms with Gasteiger partial charge >= 0.3 is 0 Å². The summed E-state index contributed by atoms with van der Waals surface area (Å²) in [6.45, 7) is 7.34. The molecule has 0 aliphatic carbocycles. The predicted molar refractivity (Wildman–Crippen MR) is 56.0 cm³/mol. The van der Waals surface area contributed by atoms with Crippen molar-refractivity contribution in [2.45, 2.75) is 39.3 Å². The highest BCUT2D eigenvalue weighted by Gasteiger charge is 2.26. The Morgan fingerprint density at radius 3 is 2.80 bits per heavy atom. The van der Waals surface area contributed by atoms with Crippen LogP contribution in [-0.4, -0.2) is 22.7 Å². The van der Waals surface area contributed by atoms with Crippen LogP contribution in [0.3, 0.4) is 0 Å². The first-order chi connectivity index (χ1) is 7.04. The van der Waals surface area contributed by atoms with Gasteiger partial charge in [0.1, 0.15) is 5.69 Å². The second kappa shape index (κ2) is 3.45. The summed E-state index contributed by atoms with van der Waals surface area (Å²) in [5.41, 5.74) is 2.48. The molecule has 0 aromatic carbocycles. The van der Waals surface area contributed by atoms with E-state index in [1.807, 2.05) is 20.8 Å². The third-order valence-corrected chi connectivity index (χ3v) is 2.58. The Hall–Kier alpha value is -1.16. The molecule has 4 nitrogen and oxygen atoms in total. The van der Waals surface area contributed by atoms with E-state index in [2.05, 4.69) is 5.10 Å². The zero-order valence-corrected chi connectivity index (χ0v) is 9.41. The number of fused-ring (bicyclic) bond motifs is 1. The molecule has 0 saturated heterocycles. The number of nitrogens with zero attached hydrogens (tertiary/aromatic N) is 2. The van der Waals surface area contributed by atoms with Gasteiger partial charge in [-0.15, -0.1) is 0 Å². The number of aldehydes is 1. The molecular formula is C11H16N2O2. The van der Waals surface area contributed by atoms with E-state index in [4.69, 9.17) is 4.74 Å². The summed E-state index contributed by atoms with van der Waals surface area (Å²) in [5.74, 6) is 0. The minimum absolute atomic E-state index is 0.159. The van der Waals surface area contributed by atoms with Crippen LogP contribution in [0.2, 0.25) is 0 Å². The van der Waals surface area contributed by atoms with E-state index in [1.54, 1.807) is 4.68 Å². The lowest BCUT2D eigenvalue weighted by Crippen LogP contribution is -2.25. The highest BCUT2D eigenvalue weighted by Crippen LogP contribution is 2.24. The van der Waals surface area contributed by atoms with Gasteiger partial charge in [-0.1, -0.05) is 0 Å². The van der Waals surface area contributed by atoms with E-state index in [9.17, 15) is 4.79 Å². The molecule has 0 bridgehead atoms. The van der Waals surface area contributed by atoms with Gasteiger partial charge in [-0.05, 0) is 20.8 Å². The maximum Gasteiger partial charge on any atom is 0.168 e. The SMILES string of the molecule is CC(C)(C)n1nc2c(c1C=O)COCC2. The summed E-state index contributed by atoms with van der Waals surface area (Å²) in [6.07, 6.45) is 1.69. The monoisotopic (exact) mass is 208 g/mol. The molecule has 1 aromatic heterocycles. The van der Waals surface area contributed by atoms with Gasteiger partial charge in [-0.25, -0.2) is 0 Å². The summed E-state index contributed by atoms with van der Waals surface area (Å²) in [7, 11) is 0. The standard InChI is InChI=1S/C11H16N2O2/c1-11(2,3)13-10(6-14)8-7-15-5-4-9(8)12-13/h6H,4-5,7H2,1-3H3. The van der Waals surface area contributed by atoms with Crippen LogP contribution in [-0.2, 0) is 23.3 Å². The van der Waals surface area contributed by atoms with Crippen molar-refractivity contribution in [1.82, 2.24) is 9.78 Å². The molecule has 0 atom stereocenters. The molecule has 15 heavy (non-hydrogen) atoms. The van der Waals surface area contributed by atoms with E-state index >= 15 is 0 Å². The van der Waals surface area contributed by atoms with Crippen LogP contribution in [0.5, 0.6) is 0 Å². The van der Waals surface area contributed by atoms with Crippen LogP contribution in [0.1, 0.15) is 42.5 Å². The fraction of sp³-hybridized carbons (Fsp3) is 0.636. The first-order valence-electron chi connectivity index (χ1n) is 5.18. The molecule has 0 fully saturated rings. The number of hydrogen-bond donors (Lipinski definition) is 0. The Morgan fingerprint density at radius 2 is 2.20 bits per heavy atom. The van der Waals surface area contributed by atoms with Crippen LogP contribution < -0.4 is 0 Å². The second-order valence-electron chi connectivity index (χ2n) is 4.81. The van der Waals surface area contributed by atoms with Crippen molar-refractivity contribution < 1.29 is 9.53 Å². The molecule has 1 aromatic rings. The Kier molecular flexibility index (Phi) is 2.38. The molecule has 2 rings (SSSR count). The summed E-state index contributed by atoms with van der Waals surface area (Å²) in [6, 6.07) is 0. The molecule has 4 heteroatoms. The lowest BCUT2D eigenvalue weighted by atomic mass is 10.1. The highest BCUT2D eigenvalue weighted by molar-refractivity contribution is 5.75. The molecule has 1 aliphatic heterocycles. The maximum absolute atomic E-state index is 11.1. The van der Waals surface area contributed by atoms with Crippen molar-refractivity contribution in [2.24, 2.45) is 0 Å². The number of rotatable bonds is 1. The molecule has 0 N–H and O–H groups in total. The van der Waals surface area contributed by atoms with Crippen molar-refractivity contribution in [3.05, 3.63) is 17.0 Å². The second-order valence-corrected chi connectivity index (χ2v) is 4.81.